The first kappa shape index (κ1) is 13.3. The van der Waals surface area contributed by atoms with Crippen molar-refractivity contribution in [3.05, 3.63) is 34.4 Å². The van der Waals surface area contributed by atoms with Crippen molar-refractivity contribution in [1.29, 1.82) is 0 Å². The van der Waals surface area contributed by atoms with Crippen molar-refractivity contribution in [2.24, 2.45) is 5.92 Å². The van der Waals surface area contributed by atoms with Crippen LogP contribution in [-0.2, 0) is 0 Å². The molecule has 106 valence electrons. The van der Waals surface area contributed by atoms with Crippen molar-refractivity contribution >= 4 is 11.8 Å². The van der Waals surface area contributed by atoms with Crippen molar-refractivity contribution in [2.75, 3.05) is 13.1 Å². The second-order valence-electron chi connectivity index (χ2n) is 5.97. The Balaban J connectivity index is 2.05. The monoisotopic (exact) mass is 272 g/mol. The number of amides is 2. The molecule has 0 radical (unpaired) electrons. The lowest BCUT2D eigenvalue weighted by molar-refractivity contribution is 0.0504. The Morgan fingerprint density at radius 2 is 1.65 bits per heavy atom. The highest BCUT2D eigenvalue weighted by Crippen LogP contribution is 2.32. The summed E-state index contributed by atoms with van der Waals surface area (Å²) in [5.74, 6) is 0.109. The van der Waals surface area contributed by atoms with Crippen LogP contribution in [0.4, 0.5) is 0 Å². The van der Waals surface area contributed by atoms with Gasteiger partial charge in [-0.3, -0.25) is 14.5 Å². The molecular formula is C16H20N2O2. The van der Waals surface area contributed by atoms with Crippen LogP contribution in [0, 0.1) is 19.8 Å². The minimum atomic E-state index is -0.119. The molecule has 1 aromatic carbocycles. The molecule has 1 N–H and O–H groups in total. The van der Waals surface area contributed by atoms with E-state index in [4.69, 9.17) is 0 Å². The zero-order valence-electron chi connectivity index (χ0n) is 12.2. The van der Waals surface area contributed by atoms with E-state index in [1.54, 1.807) is 0 Å². The van der Waals surface area contributed by atoms with Crippen LogP contribution in [0.1, 0.15) is 45.2 Å². The fourth-order valence-electron chi connectivity index (χ4n) is 3.32. The molecule has 1 aromatic rings. The average molecular weight is 272 g/mol. The van der Waals surface area contributed by atoms with E-state index >= 15 is 0 Å². The van der Waals surface area contributed by atoms with E-state index in [-0.39, 0.29) is 17.9 Å². The lowest BCUT2D eigenvalue weighted by atomic mass is 9.93. The van der Waals surface area contributed by atoms with Crippen LogP contribution in [0.2, 0.25) is 0 Å². The highest BCUT2D eigenvalue weighted by atomic mass is 16.2. The number of aryl methyl sites for hydroxylation is 2. The fourth-order valence-corrected chi connectivity index (χ4v) is 3.32. The van der Waals surface area contributed by atoms with Gasteiger partial charge in [-0.2, -0.15) is 0 Å². The molecule has 3 rings (SSSR count). The number of benzene rings is 1. The predicted octanol–water partition coefficient (Wildman–Crippen LogP) is 1.90. The SMILES string of the molecule is Cc1ccc(C)c2c1C(=O)N(C1CNCCC1C)C2=O. The van der Waals surface area contributed by atoms with Gasteiger partial charge >= 0.3 is 0 Å². The zero-order chi connectivity index (χ0) is 14.4. The van der Waals surface area contributed by atoms with Gasteiger partial charge in [0.25, 0.3) is 11.8 Å². The Labute approximate surface area is 119 Å². The molecule has 2 heterocycles. The smallest absolute Gasteiger partial charge is 0.262 e. The molecule has 2 aliphatic heterocycles. The Bertz CT molecular complexity index is 553. The lowest BCUT2D eigenvalue weighted by Crippen LogP contribution is -2.52. The van der Waals surface area contributed by atoms with Gasteiger partial charge in [-0.15, -0.1) is 0 Å². The number of fused-ring (bicyclic) bond motifs is 1. The fraction of sp³-hybridized carbons (Fsp3) is 0.500. The number of nitrogens with one attached hydrogen (secondary N) is 1. The van der Waals surface area contributed by atoms with Gasteiger partial charge in [-0.05, 0) is 43.9 Å². The summed E-state index contributed by atoms with van der Waals surface area (Å²) >= 11 is 0. The second kappa shape index (κ2) is 4.70. The van der Waals surface area contributed by atoms with Crippen molar-refractivity contribution < 1.29 is 9.59 Å². The van der Waals surface area contributed by atoms with Crippen LogP contribution in [0.15, 0.2) is 12.1 Å². The summed E-state index contributed by atoms with van der Waals surface area (Å²) < 4.78 is 0. The van der Waals surface area contributed by atoms with Gasteiger partial charge in [-0.25, -0.2) is 0 Å². The van der Waals surface area contributed by atoms with E-state index in [1.807, 2.05) is 26.0 Å². The highest BCUT2D eigenvalue weighted by molar-refractivity contribution is 6.22. The highest BCUT2D eigenvalue weighted by Gasteiger charge is 2.43. The van der Waals surface area contributed by atoms with Crippen molar-refractivity contribution in [3.63, 3.8) is 0 Å². The molecule has 1 fully saturated rings. The van der Waals surface area contributed by atoms with Gasteiger partial charge in [0.05, 0.1) is 17.2 Å². The van der Waals surface area contributed by atoms with E-state index in [1.165, 1.54) is 4.90 Å². The molecule has 0 aromatic heterocycles. The topological polar surface area (TPSA) is 49.4 Å². The van der Waals surface area contributed by atoms with Gasteiger partial charge < -0.3 is 5.32 Å². The quantitative estimate of drug-likeness (QED) is 0.794. The number of piperidine rings is 1. The summed E-state index contributed by atoms with van der Waals surface area (Å²) in [6.07, 6.45) is 0.996. The van der Waals surface area contributed by atoms with E-state index in [0.717, 1.165) is 24.1 Å². The van der Waals surface area contributed by atoms with Gasteiger partial charge in [-0.1, -0.05) is 19.1 Å². The van der Waals surface area contributed by atoms with Crippen LogP contribution < -0.4 is 5.32 Å². The number of hydrogen-bond donors (Lipinski definition) is 1. The normalized spacial score (nSPS) is 26.1. The first-order chi connectivity index (χ1) is 9.52. The van der Waals surface area contributed by atoms with Crippen LogP contribution >= 0.6 is 0 Å². The van der Waals surface area contributed by atoms with E-state index in [2.05, 4.69) is 12.2 Å². The number of hydrogen-bond acceptors (Lipinski definition) is 3. The second-order valence-corrected chi connectivity index (χ2v) is 5.97. The van der Waals surface area contributed by atoms with Crippen LogP contribution in [0.3, 0.4) is 0 Å². The molecule has 2 amide bonds. The number of nitrogens with zero attached hydrogens (tertiary/aromatic N) is 1. The first-order valence-corrected chi connectivity index (χ1v) is 7.21. The summed E-state index contributed by atoms with van der Waals surface area (Å²) in [4.78, 5) is 26.9. The van der Waals surface area contributed by atoms with Gasteiger partial charge in [0.1, 0.15) is 0 Å². The van der Waals surface area contributed by atoms with Gasteiger partial charge in [0, 0.05) is 6.54 Å². The first-order valence-electron chi connectivity index (χ1n) is 7.21. The summed E-state index contributed by atoms with van der Waals surface area (Å²) in [6.45, 7) is 7.57. The maximum absolute atomic E-state index is 12.7. The number of carbonyl (C=O) groups is 2. The molecule has 0 bridgehead atoms. The predicted molar refractivity (Wildman–Crippen MR) is 76.9 cm³/mol. The molecule has 0 aliphatic carbocycles. The molecule has 4 heteroatoms. The Kier molecular flexibility index (Phi) is 3.13. The summed E-state index contributed by atoms with van der Waals surface area (Å²) in [5, 5.41) is 3.29. The minimum Gasteiger partial charge on any atom is -0.315 e. The standard InChI is InChI=1S/C16H20N2O2/c1-9-6-7-17-8-12(9)18-15(19)13-10(2)4-5-11(3)14(13)16(18)20/h4-5,9,12,17H,6-8H2,1-3H3. The molecule has 20 heavy (non-hydrogen) atoms. The molecule has 0 saturated carbocycles. The molecular weight excluding hydrogens is 252 g/mol. The Morgan fingerprint density at radius 3 is 2.15 bits per heavy atom. The Morgan fingerprint density at radius 1 is 1.10 bits per heavy atom. The molecule has 0 spiro atoms. The summed E-state index contributed by atoms with van der Waals surface area (Å²) in [7, 11) is 0. The minimum absolute atomic E-state index is 0.0325. The molecule has 2 unspecified atom stereocenters. The number of carbonyl (C=O) groups excluding carboxylic acids is 2. The number of rotatable bonds is 1. The third-order valence-electron chi connectivity index (χ3n) is 4.61. The average Bonchev–Trinajstić information content (AvgIpc) is 2.68. The van der Waals surface area contributed by atoms with E-state index < -0.39 is 0 Å². The third kappa shape index (κ3) is 1.79. The molecule has 2 atom stereocenters. The van der Waals surface area contributed by atoms with Gasteiger partial charge in [0.2, 0.25) is 0 Å². The lowest BCUT2D eigenvalue weighted by Gasteiger charge is -2.35. The maximum Gasteiger partial charge on any atom is 0.262 e. The maximum atomic E-state index is 12.7. The number of imide groups is 1. The van der Waals surface area contributed by atoms with E-state index in [9.17, 15) is 9.59 Å². The van der Waals surface area contributed by atoms with E-state index in [0.29, 0.717) is 23.6 Å². The van der Waals surface area contributed by atoms with Crippen molar-refractivity contribution in [3.8, 4) is 0 Å². The zero-order valence-corrected chi connectivity index (χ0v) is 12.2. The third-order valence-corrected chi connectivity index (χ3v) is 4.61. The molecule has 2 aliphatic rings. The molecule has 4 nitrogen and oxygen atoms in total. The van der Waals surface area contributed by atoms with Gasteiger partial charge in [0.15, 0.2) is 0 Å². The largest absolute Gasteiger partial charge is 0.315 e. The Hall–Kier alpha value is -1.68. The van der Waals surface area contributed by atoms with Crippen molar-refractivity contribution in [2.45, 2.75) is 33.2 Å². The molecule has 1 saturated heterocycles. The summed E-state index contributed by atoms with van der Waals surface area (Å²) in [6, 6.07) is 3.81. The van der Waals surface area contributed by atoms with Crippen LogP contribution in [0.5, 0.6) is 0 Å². The summed E-state index contributed by atoms with van der Waals surface area (Å²) in [5.41, 5.74) is 2.99. The van der Waals surface area contributed by atoms with Crippen molar-refractivity contribution in [1.82, 2.24) is 10.2 Å². The van der Waals surface area contributed by atoms with Crippen LogP contribution in [-0.4, -0.2) is 35.8 Å². The van der Waals surface area contributed by atoms with Crippen LogP contribution in [0.25, 0.3) is 0 Å².